The first-order chi connectivity index (χ1) is 11.2. The van der Waals surface area contributed by atoms with Gasteiger partial charge >= 0.3 is 0 Å². The second-order valence-corrected chi connectivity index (χ2v) is 6.05. The minimum Gasteiger partial charge on any atom is -0.394 e. The van der Waals surface area contributed by atoms with E-state index in [0.717, 1.165) is 0 Å². The predicted molar refractivity (Wildman–Crippen MR) is 75.4 cm³/mol. The van der Waals surface area contributed by atoms with Gasteiger partial charge in [-0.1, -0.05) is 0 Å². The van der Waals surface area contributed by atoms with Crippen molar-refractivity contribution in [2.75, 3.05) is 13.7 Å². The Balaban J connectivity index is 2.15. The second kappa shape index (κ2) is 7.85. The van der Waals surface area contributed by atoms with Crippen LogP contribution in [-0.2, 0) is 14.2 Å². The molecule has 0 amide bonds. The highest BCUT2D eigenvalue weighted by Crippen LogP contribution is 2.29. The van der Waals surface area contributed by atoms with Gasteiger partial charge in [-0.2, -0.15) is 0 Å². The standard InChI is InChI=1S/C13H25NO10/c1-22-11-8(19)7(18)9(20)12(10(11)21)24-13-4(14)6(17)5(16)3(2-15)23-13/h3-13,15-21H,2,14H2,1H3/t3-,4-,5-,6-,7-,8-,9-,10-,11+,12+,13+/m1/s1. The highest BCUT2D eigenvalue weighted by molar-refractivity contribution is 5.01. The largest absolute Gasteiger partial charge is 0.394 e. The molecule has 0 bridgehead atoms. The molecule has 11 heteroatoms. The molecule has 0 aromatic carbocycles. The summed E-state index contributed by atoms with van der Waals surface area (Å²) in [5.41, 5.74) is 5.72. The van der Waals surface area contributed by atoms with E-state index < -0.39 is 73.9 Å². The summed E-state index contributed by atoms with van der Waals surface area (Å²) in [7, 11) is 1.20. The SMILES string of the molecule is CO[C@@H]1[C@@H](O)[C@@H](O[C@@H]2O[C@H](CO)[C@@H](O)[C@H](O)[C@H]2N)[C@H](O)[C@H](O)[C@H]1O. The average molecular weight is 355 g/mol. The van der Waals surface area contributed by atoms with Crippen LogP contribution < -0.4 is 5.73 Å². The lowest BCUT2D eigenvalue weighted by Crippen LogP contribution is -2.68. The fourth-order valence-corrected chi connectivity index (χ4v) is 3.00. The maximum atomic E-state index is 10.2. The van der Waals surface area contributed by atoms with E-state index in [1.165, 1.54) is 7.11 Å². The Labute approximate surface area is 137 Å². The smallest absolute Gasteiger partial charge is 0.176 e. The number of hydrogen-bond donors (Lipinski definition) is 8. The van der Waals surface area contributed by atoms with Crippen molar-refractivity contribution in [3.05, 3.63) is 0 Å². The quantitative estimate of drug-likeness (QED) is 0.240. The van der Waals surface area contributed by atoms with E-state index in [-0.39, 0.29) is 0 Å². The zero-order valence-electron chi connectivity index (χ0n) is 13.0. The van der Waals surface area contributed by atoms with Crippen molar-refractivity contribution in [3.8, 4) is 0 Å². The van der Waals surface area contributed by atoms with Crippen molar-refractivity contribution < 1.29 is 50.0 Å². The zero-order chi connectivity index (χ0) is 18.2. The molecule has 2 aliphatic rings. The number of hydrogen-bond acceptors (Lipinski definition) is 11. The Morgan fingerprint density at radius 1 is 0.833 bits per heavy atom. The van der Waals surface area contributed by atoms with Crippen molar-refractivity contribution in [1.82, 2.24) is 0 Å². The molecule has 0 unspecified atom stereocenters. The van der Waals surface area contributed by atoms with Crippen molar-refractivity contribution in [2.24, 2.45) is 5.73 Å². The molecule has 11 atom stereocenters. The zero-order valence-corrected chi connectivity index (χ0v) is 13.0. The molecule has 1 aliphatic carbocycles. The molecule has 1 aliphatic heterocycles. The number of nitrogens with two attached hydrogens (primary N) is 1. The molecule has 11 nitrogen and oxygen atoms in total. The topological polar surface area (TPSA) is 195 Å². The van der Waals surface area contributed by atoms with Gasteiger partial charge in [0.1, 0.15) is 54.9 Å². The summed E-state index contributed by atoms with van der Waals surface area (Å²) in [6.45, 7) is -0.622. The van der Waals surface area contributed by atoms with Crippen LogP contribution >= 0.6 is 0 Å². The first kappa shape index (κ1) is 19.9. The monoisotopic (exact) mass is 355 g/mol. The maximum Gasteiger partial charge on any atom is 0.176 e. The minimum absolute atomic E-state index is 0.622. The van der Waals surface area contributed by atoms with Crippen molar-refractivity contribution in [3.63, 3.8) is 0 Å². The van der Waals surface area contributed by atoms with E-state index in [0.29, 0.717) is 0 Å². The van der Waals surface area contributed by atoms with Gasteiger partial charge in [0.15, 0.2) is 6.29 Å². The van der Waals surface area contributed by atoms with E-state index in [1.807, 2.05) is 0 Å². The van der Waals surface area contributed by atoms with Crippen LogP contribution in [0.3, 0.4) is 0 Å². The molecule has 9 N–H and O–H groups in total. The van der Waals surface area contributed by atoms with Crippen LogP contribution in [0.1, 0.15) is 0 Å². The summed E-state index contributed by atoms with van der Waals surface area (Å²) in [6.07, 6.45) is -14.6. The fourth-order valence-electron chi connectivity index (χ4n) is 3.00. The van der Waals surface area contributed by atoms with Crippen LogP contribution in [0.25, 0.3) is 0 Å². The third-order valence-corrected chi connectivity index (χ3v) is 4.54. The number of rotatable bonds is 4. The molecule has 2 fully saturated rings. The van der Waals surface area contributed by atoms with Gasteiger partial charge in [0.05, 0.1) is 12.6 Å². The van der Waals surface area contributed by atoms with Crippen LogP contribution in [0, 0.1) is 0 Å². The van der Waals surface area contributed by atoms with Crippen molar-refractivity contribution in [2.45, 2.75) is 67.3 Å². The average Bonchev–Trinajstić information content (AvgIpc) is 2.57. The Bertz CT molecular complexity index is 412. The van der Waals surface area contributed by atoms with Gasteiger partial charge in [-0.25, -0.2) is 0 Å². The van der Waals surface area contributed by atoms with E-state index in [1.54, 1.807) is 0 Å². The van der Waals surface area contributed by atoms with Crippen LogP contribution in [0.4, 0.5) is 0 Å². The maximum absolute atomic E-state index is 10.2. The Morgan fingerprint density at radius 2 is 1.42 bits per heavy atom. The first-order valence-electron chi connectivity index (χ1n) is 7.53. The second-order valence-electron chi connectivity index (χ2n) is 6.05. The van der Waals surface area contributed by atoms with E-state index in [2.05, 4.69) is 0 Å². The molecular formula is C13H25NO10. The molecule has 142 valence electrons. The van der Waals surface area contributed by atoms with Crippen molar-refractivity contribution >= 4 is 0 Å². The molecule has 24 heavy (non-hydrogen) atoms. The van der Waals surface area contributed by atoms with Crippen LogP contribution in [0.5, 0.6) is 0 Å². The normalized spacial score (nSPS) is 53.1. The van der Waals surface area contributed by atoms with E-state index in [4.69, 9.17) is 25.1 Å². The summed E-state index contributed by atoms with van der Waals surface area (Å²) in [6, 6.07) is -1.24. The highest BCUT2D eigenvalue weighted by atomic mass is 16.7. The molecule has 0 aromatic rings. The van der Waals surface area contributed by atoms with Gasteiger partial charge in [-0.15, -0.1) is 0 Å². The summed E-state index contributed by atoms with van der Waals surface area (Å²) in [5, 5.41) is 68.7. The molecular weight excluding hydrogens is 330 g/mol. The molecule has 2 rings (SSSR count). The van der Waals surface area contributed by atoms with Gasteiger partial charge in [-0.3, -0.25) is 0 Å². The number of aliphatic hydroxyl groups is 7. The minimum atomic E-state index is -1.69. The Hall–Kier alpha value is -0.440. The molecule has 1 saturated heterocycles. The third kappa shape index (κ3) is 3.43. The van der Waals surface area contributed by atoms with Crippen LogP contribution in [0.2, 0.25) is 0 Å². The molecule has 0 aromatic heterocycles. The van der Waals surface area contributed by atoms with Crippen LogP contribution in [0.15, 0.2) is 0 Å². The summed E-state index contributed by atoms with van der Waals surface area (Å²) in [5.74, 6) is 0. The Morgan fingerprint density at radius 3 is 1.96 bits per heavy atom. The lowest BCUT2D eigenvalue weighted by molar-refractivity contribution is -0.318. The summed E-state index contributed by atoms with van der Waals surface area (Å²) in [4.78, 5) is 0. The molecule has 0 radical (unpaired) electrons. The lowest BCUT2D eigenvalue weighted by Gasteiger charge is -2.46. The predicted octanol–water partition coefficient (Wildman–Crippen LogP) is -5.39. The number of ether oxygens (including phenoxy) is 3. The van der Waals surface area contributed by atoms with Gasteiger partial charge < -0.3 is 55.7 Å². The first-order valence-corrected chi connectivity index (χ1v) is 7.53. The number of methoxy groups -OCH3 is 1. The third-order valence-electron chi connectivity index (χ3n) is 4.54. The van der Waals surface area contributed by atoms with Gasteiger partial charge in [0.2, 0.25) is 0 Å². The van der Waals surface area contributed by atoms with Gasteiger partial charge in [0, 0.05) is 7.11 Å². The molecule has 1 saturated carbocycles. The van der Waals surface area contributed by atoms with E-state index >= 15 is 0 Å². The number of aliphatic hydroxyl groups excluding tert-OH is 7. The fraction of sp³-hybridized carbons (Fsp3) is 1.00. The molecule has 0 spiro atoms. The summed E-state index contributed by atoms with van der Waals surface area (Å²) >= 11 is 0. The lowest BCUT2D eigenvalue weighted by atomic mass is 9.84. The van der Waals surface area contributed by atoms with Gasteiger partial charge in [0.25, 0.3) is 0 Å². The molecule has 1 heterocycles. The van der Waals surface area contributed by atoms with E-state index in [9.17, 15) is 30.6 Å². The summed E-state index contributed by atoms with van der Waals surface area (Å²) < 4.78 is 15.5. The highest BCUT2D eigenvalue weighted by Gasteiger charge is 2.52. The van der Waals surface area contributed by atoms with Crippen LogP contribution in [-0.4, -0.2) is 117 Å². The van der Waals surface area contributed by atoms with Crippen molar-refractivity contribution in [1.29, 1.82) is 0 Å². The Kier molecular flexibility index (Phi) is 6.50. The van der Waals surface area contributed by atoms with Gasteiger partial charge in [-0.05, 0) is 0 Å².